The second-order valence-corrected chi connectivity index (χ2v) is 19.8. The molecule has 0 spiro atoms. The first-order valence-corrected chi connectivity index (χ1v) is 23.7. The van der Waals surface area contributed by atoms with Crippen LogP contribution in [0.2, 0.25) is 0 Å². The van der Waals surface area contributed by atoms with Gasteiger partial charge in [0.2, 0.25) is 11.8 Å². The molecule has 17 nitrogen and oxygen atoms in total. The number of rotatable bonds is 12. The summed E-state index contributed by atoms with van der Waals surface area (Å²) in [5.41, 5.74) is 4.72. The minimum Gasteiger partial charge on any atom is -0.391 e. The van der Waals surface area contributed by atoms with Crippen LogP contribution in [0.1, 0.15) is 109 Å². The molecule has 360 valence electrons. The van der Waals surface area contributed by atoms with Gasteiger partial charge >= 0.3 is 0 Å². The number of nitriles is 1. The van der Waals surface area contributed by atoms with Gasteiger partial charge in [-0.2, -0.15) is 5.26 Å². The van der Waals surface area contributed by atoms with Crippen LogP contribution in [0.4, 0.5) is 26.2 Å². The topological polar surface area (TPSA) is 223 Å². The monoisotopic (exact) mass is 960 g/mol. The van der Waals surface area contributed by atoms with Gasteiger partial charge in [-0.1, -0.05) is 45.0 Å². The SMILES string of the molecule is Cc1ncsc1-c1ccc([C@H](C)NC(=O)[C@@H]2C[C@@H](O)CN2C(=O)[C@@H](NC(=O)c2cncc(C(=O)N3CCC(c4cc(Nc5cc(C#N)ccn5)nc(N5CCC(F)(F)C5)c4)CC3)n2)C(C)(C)C)cc1. The lowest BCUT2D eigenvalue weighted by Gasteiger charge is -2.35. The first-order valence-electron chi connectivity index (χ1n) is 22.8. The number of nitrogens with zero attached hydrogens (tertiary/aromatic N) is 9. The number of β-amino-alcohol motifs (C(OH)–C–C–N with tert-alkyl or cyclic N) is 1. The number of nitrogens with one attached hydrogen (secondary N) is 3. The number of piperidine rings is 1. The smallest absolute Gasteiger partial charge is 0.274 e. The van der Waals surface area contributed by atoms with E-state index in [1.807, 2.05) is 50.2 Å². The number of alkyl halides is 2. The lowest BCUT2D eigenvalue weighted by Crippen LogP contribution is -2.58. The highest BCUT2D eigenvalue weighted by Gasteiger charge is 2.45. The zero-order chi connectivity index (χ0) is 49.2. The summed E-state index contributed by atoms with van der Waals surface area (Å²) in [6, 6.07) is 14.1. The fourth-order valence-corrected chi connectivity index (χ4v) is 9.82. The summed E-state index contributed by atoms with van der Waals surface area (Å²) in [4.78, 5) is 83.3. The Morgan fingerprint density at radius 2 is 1.70 bits per heavy atom. The summed E-state index contributed by atoms with van der Waals surface area (Å²) in [7, 11) is 0. The largest absolute Gasteiger partial charge is 0.391 e. The Kier molecular flexibility index (Phi) is 14.0. The summed E-state index contributed by atoms with van der Waals surface area (Å²) in [6.45, 7) is 9.32. The van der Waals surface area contributed by atoms with Gasteiger partial charge in [-0.25, -0.2) is 28.7 Å². The molecule has 4 aromatic heterocycles. The molecule has 1 aromatic carbocycles. The van der Waals surface area contributed by atoms with E-state index in [1.165, 1.54) is 23.5 Å². The molecule has 0 bridgehead atoms. The predicted molar refractivity (Wildman–Crippen MR) is 254 cm³/mol. The van der Waals surface area contributed by atoms with E-state index in [9.17, 15) is 38.3 Å². The van der Waals surface area contributed by atoms with Crippen molar-refractivity contribution in [1.29, 1.82) is 5.26 Å². The maximum Gasteiger partial charge on any atom is 0.274 e. The number of aliphatic hydroxyl groups excluding tert-OH is 1. The highest BCUT2D eigenvalue weighted by Crippen LogP contribution is 2.36. The lowest BCUT2D eigenvalue weighted by atomic mass is 9.85. The standard InChI is InChI=1S/C49H54F2N12O5S/c1-28(31-6-8-33(9-7-31)42-29(2)55-27-69-42)56-45(66)38-21-35(64)25-63(38)47(68)43(48(3,4)5)60-44(65)36-23-53-24-37(57-36)46(67)61-15-11-32(12-16-61)34-19-40(58-39-18-30(22-52)10-14-54-39)59-41(20-34)62-17-13-49(50,51)26-62/h6-10,14,18-20,23-24,27-28,32,35,38,43,64H,11-13,15-17,21,25-26H2,1-5H3,(H,56,66)(H,60,65)(H,54,58,59)/t28-,35+,38-,43+/m0/s1. The number of aryl methyl sites for hydroxylation is 1. The maximum atomic E-state index is 14.4. The molecule has 0 unspecified atom stereocenters. The molecule has 4 N–H and O–H groups in total. The summed E-state index contributed by atoms with van der Waals surface area (Å²) in [5, 5.41) is 29.0. The zero-order valence-corrected chi connectivity index (χ0v) is 39.8. The molecule has 3 fully saturated rings. The Balaban J connectivity index is 0.912. The van der Waals surface area contributed by atoms with E-state index in [1.54, 1.807) is 59.6 Å². The number of halogens is 2. The van der Waals surface area contributed by atoms with Gasteiger partial charge in [0.15, 0.2) is 0 Å². The van der Waals surface area contributed by atoms with Crippen molar-refractivity contribution < 1.29 is 33.1 Å². The Morgan fingerprint density at radius 3 is 2.36 bits per heavy atom. The van der Waals surface area contributed by atoms with Gasteiger partial charge in [0.05, 0.1) is 58.8 Å². The van der Waals surface area contributed by atoms with Crippen LogP contribution in [0, 0.1) is 23.7 Å². The summed E-state index contributed by atoms with van der Waals surface area (Å²) in [6.07, 6.45) is 3.80. The molecular formula is C49H54F2N12O5S. The van der Waals surface area contributed by atoms with Crippen LogP contribution in [0.25, 0.3) is 10.4 Å². The van der Waals surface area contributed by atoms with Crippen molar-refractivity contribution in [2.24, 2.45) is 5.41 Å². The number of benzene rings is 1. The molecule has 4 amide bonds. The Hall–Kier alpha value is -6.98. The summed E-state index contributed by atoms with van der Waals surface area (Å²) < 4.78 is 28.6. The van der Waals surface area contributed by atoms with Crippen LogP contribution >= 0.6 is 11.3 Å². The Labute approximate surface area is 402 Å². The molecule has 3 aliphatic heterocycles. The Bertz CT molecular complexity index is 2770. The quantitative estimate of drug-likeness (QED) is 0.110. The number of hydrogen-bond acceptors (Lipinski definition) is 14. The zero-order valence-electron chi connectivity index (χ0n) is 38.9. The second-order valence-electron chi connectivity index (χ2n) is 19.0. The van der Waals surface area contributed by atoms with Crippen molar-refractivity contribution in [1.82, 2.24) is 45.4 Å². The van der Waals surface area contributed by atoms with Crippen LogP contribution in [0.5, 0.6) is 0 Å². The molecule has 5 aromatic rings. The first kappa shape index (κ1) is 48.5. The van der Waals surface area contributed by atoms with E-state index in [4.69, 9.17) is 0 Å². The average molecular weight is 961 g/mol. The number of pyridine rings is 2. The molecule has 20 heteroatoms. The van der Waals surface area contributed by atoms with E-state index in [0.717, 1.165) is 27.3 Å². The second kappa shape index (κ2) is 19.9. The molecule has 7 heterocycles. The normalized spacial score (nSPS) is 19.1. The van der Waals surface area contributed by atoms with Crippen molar-refractivity contribution in [3.63, 3.8) is 0 Å². The third-order valence-corrected chi connectivity index (χ3v) is 13.8. The highest BCUT2D eigenvalue weighted by molar-refractivity contribution is 7.13. The third kappa shape index (κ3) is 11.2. The number of aromatic nitrogens is 5. The number of carbonyl (C=O) groups is 4. The van der Waals surface area contributed by atoms with Crippen LogP contribution in [0.3, 0.4) is 0 Å². The fraction of sp³-hybridized carbons (Fsp3) is 0.429. The van der Waals surface area contributed by atoms with Crippen molar-refractivity contribution in [2.75, 3.05) is 42.9 Å². The van der Waals surface area contributed by atoms with Gasteiger partial charge in [0.1, 0.15) is 40.9 Å². The number of carbonyl (C=O) groups excluding carboxylic acids is 4. The first-order chi connectivity index (χ1) is 32.8. The van der Waals surface area contributed by atoms with Crippen LogP contribution in [-0.2, 0) is 9.59 Å². The molecule has 0 saturated carbocycles. The van der Waals surface area contributed by atoms with Crippen molar-refractivity contribution in [3.05, 3.63) is 106 Å². The van der Waals surface area contributed by atoms with Crippen LogP contribution in [0.15, 0.2) is 72.6 Å². The van der Waals surface area contributed by atoms with Gasteiger partial charge in [-0.15, -0.1) is 11.3 Å². The number of amides is 4. The molecule has 69 heavy (non-hydrogen) atoms. The van der Waals surface area contributed by atoms with Gasteiger partial charge in [0, 0.05) is 45.2 Å². The van der Waals surface area contributed by atoms with Gasteiger partial charge in [-0.3, -0.25) is 24.2 Å². The lowest BCUT2D eigenvalue weighted by molar-refractivity contribution is -0.142. The molecule has 0 aliphatic carbocycles. The van der Waals surface area contributed by atoms with Crippen molar-refractivity contribution >= 4 is 52.4 Å². The van der Waals surface area contributed by atoms with E-state index in [2.05, 4.69) is 46.9 Å². The van der Waals surface area contributed by atoms with Crippen LogP contribution in [-0.4, -0.2) is 120 Å². The number of thiazole rings is 1. The number of anilines is 3. The van der Waals surface area contributed by atoms with E-state index < -0.39 is 65.7 Å². The van der Waals surface area contributed by atoms with Crippen LogP contribution < -0.4 is 20.9 Å². The predicted octanol–water partition coefficient (Wildman–Crippen LogP) is 6.16. The molecular weight excluding hydrogens is 907 g/mol. The van der Waals surface area contributed by atoms with Gasteiger partial charge in [-0.05, 0) is 79.0 Å². The highest BCUT2D eigenvalue weighted by atomic mass is 32.1. The molecule has 3 saturated heterocycles. The Morgan fingerprint density at radius 1 is 0.957 bits per heavy atom. The minimum atomic E-state index is -2.84. The van der Waals surface area contributed by atoms with E-state index in [-0.39, 0.29) is 43.2 Å². The maximum absolute atomic E-state index is 14.4. The van der Waals surface area contributed by atoms with Crippen molar-refractivity contribution in [3.8, 4) is 16.5 Å². The molecule has 8 rings (SSSR count). The van der Waals surface area contributed by atoms with Gasteiger partial charge < -0.3 is 35.8 Å². The van der Waals surface area contributed by atoms with Crippen molar-refractivity contribution in [2.45, 2.75) is 96.4 Å². The third-order valence-electron chi connectivity index (χ3n) is 12.8. The molecule has 3 aliphatic rings. The van der Waals surface area contributed by atoms with E-state index >= 15 is 0 Å². The number of hydrogen-bond donors (Lipinski definition) is 4. The number of aliphatic hydroxyl groups is 1. The summed E-state index contributed by atoms with van der Waals surface area (Å²) >= 11 is 1.55. The summed E-state index contributed by atoms with van der Waals surface area (Å²) in [5.74, 6) is -3.95. The van der Waals surface area contributed by atoms with Gasteiger partial charge in [0.25, 0.3) is 17.7 Å². The molecule has 0 radical (unpaired) electrons. The number of likely N-dealkylation sites (tertiary alicyclic amines) is 2. The minimum absolute atomic E-state index is 0.0183. The average Bonchev–Trinajstić information content (AvgIpc) is 4.06. The van der Waals surface area contributed by atoms with E-state index in [0.29, 0.717) is 48.9 Å². The fourth-order valence-electron chi connectivity index (χ4n) is 9.01. The molecule has 4 atom stereocenters.